The van der Waals surface area contributed by atoms with E-state index in [0.717, 1.165) is 30.8 Å². The number of rotatable bonds is 6. The molecule has 0 radical (unpaired) electrons. The van der Waals surface area contributed by atoms with E-state index >= 15 is 0 Å². The van der Waals surface area contributed by atoms with Gasteiger partial charge in [0.1, 0.15) is 5.75 Å². The fraction of sp³-hybridized carbons (Fsp3) is 0.318. The predicted molar refractivity (Wildman–Crippen MR) is 110 cm³/mol. The van der Waals surface area contributed by atoms with Crippen molar-refractivity contribution in [3.63, 3.8) is 0 Å². The predicted octanol–water partition coefficient (Wildman–Crippen LogP) is 3.03. The lowest BCUT2D eigenvalue weighted by Crippen LogP contribution is -2.50. The highest BCUT2D eigenvalue weighted by Gasteiger charge is 2.21. The third kappa shape index (κ3) is 4.56. The Morgan fingerprint density at radius 3 is 2.41 bits per heavy atom. The van der Waals surface area contributed by atoms with Crippen LogP contribution in [0.1, 0.15) is 12.8 Å². The zero-order chi connectivity index (χ0) is 20.1. The fourth-order valence-corrected chi connectivity index (χ4v) is 3.30. The van der Waals surface area contributed by atoms with Crippen molar-refractivity contribution in [3.8, 4) is 17.1 Å². The van der Waals surface area contributed by atoms with Gasteiger partial charge in [-0.15, -0.1) is 0 Å². The number of amides is 1. The van der Waals surface area contributed by atoms with Crippen LogP contribution in [0.5, 0.6) is 5.75 Å². The topological polar surface area (TPSA) is 71.7 Å². The summed E-state index contributed by atoms with van der Waals surface area (Å²) in [5, 5.41) is 4.01. The number of carbonyl (C=O) groups excluding carboxylic acids is 1. The van der Waals surface area contributed by atoms with E-state index in [1.165, 1.54) is 0 Å². The Bertz CT molecular complexity index is 932. The first-order valence-electron chi connectivity index (χ1n) is 9.86. The molecule has 0 unspecified atom stereocenters. The summed E-state index contributed by atoms with van der Waals surface area (Å²) in [5.41, 5.74) is 2.06. The Kier molecular flexibility index (Phi) is 5.74. The number of nitrogens with zero attached hydrogens (tertiary/aromatic N) is 4. The van der Waals surface area contributed by atoms with Crippen LogP contribution >= 0.6 is 0 Å². The van der Waals surface area contributed by atoms with E-state index in [-0.39, 0.29) is 12.5 Å². The van der Waals surface area contributed by atoms with Gasteiger partial charge in [0.15, 0.2) is 6.61 Å². The number of carbonyl (C=O) groups is 1. The smallest absolute Gasteiger partial charge is 0.260 e. The van der Waals surface area contributed by atoms with Gasteiger partial charge in [-0.05, 0) is 36.4 Å². The number of ether oxygens (including phenoxy) is 1. The molecule has 0 N–H and O–H groups in total. The highest BCUT2D eigenvalue weighted by Crippen LogP contribution is 2.22. The molecular formula is C22H24N4O3. The standard InChI is InChI=1S/C22H24N4O3/c1-2-20-23-22(24-29-20)17-8-10-18(11-9-17)25-12-14-26(15-13-25)21(27)16-28-19-6-4-3-5-7-19/h3-11H,2,12-16H2,1H3. The third-order valence-corrected chi connectivity index (χ3v) is 5.00. The van der Waals surface area contributed by atoms with E-state index in [4.69, 9.17) is 9.26 Å². The van der Waals surface area contributed by atoms with Crippen molar-refractivity contribution in [3.05, 3.63) is 60.5 Å². The van der Waals surface area contributed by atoms with Crippen LogP contribution in [0.15, 0.2) is 59.1 Å². The van der Waals surface area contributed by atoms with Crippen LogP contribution in [0.25, 0.3) is 11.4 Å². The lowest BCUT2D eigenvalue weighted by atomic mass is 10.1. The second kappa shape index (κ2) is 8.77. The van der Waals surface area contributed by atoms with Gasteiger partial charge in [-0.25, -0.2) is 0 Å². The van der Waals surface area contributed by atoms with E-state index < -0.39 is 0 Å². The van der Waals surface area contributed by atoms with E-state index in [2.05, 4.69) is 27.2 Å². The lowest BCUT2D eigenvalue weighted by molar-refractivity contribution is -0.133. The normalized spacial score (nSPS) is 14.1. The van der Waals surface area contributed by atoms with Crippen LogP contribution in [0, 0.1) is 0 Å². The first-order valence-corrected chi connectivity index (χ1v) is 9.86. The molecule has 4 rings (SSSR count). The van der Waals surface area contributed by atoms with Crippen molar-refractivity contribution in [2.75, 3.05) is 37.7 Å². The number of aromatic nitrogens is 2. The molecule has 2 aromatic carbocycles. The second-order valence-electron chi connectivity index (χ2n) is 6.88. The van der Waals surface area contributed by atoms with Gasteiger partial charge in [-0.3, -0.25) is 4.79 Å². The van der Waals surface area contributed by atoms with Gasteiger partial charge in [-0.2, -0.15) is 4.98 Å². The number of hydrogen-bond donors (Lipinski definition) is 0. The number of para-hydroxylation sites is 1. The number of hydrogen-bond acceptors (Lipinski definition) is 6. The highest BCUT2D eigenvalue weighted by molar-refractivity contribution is 5.78. The average molecular weight is 392 g/mol. The molecule has 0 aliphatic carbocycles. The van der Waals surface area contributed by atoms with E-state index in [1.807, 2.05) is 54.3 Å². The lowest BCUT2D eigenvalue weighted by Gasteiger charge is -2.36. The molecule has 1 saturated heterocycles. The third-order valence-electron chi connectivity index (χ3n) is 5.00. The highest BCUT2D eigenvalue weighted by atomic mass is 16.5. The Labute approximate surface area is 169 Å². The fourth-order valence-electron chi connectivity index (χ4n) is 3.30. The number of anilines is 1. The summed E-state index contributed by atoms with van der Waals surface area (Å²) in [6, 6.07) is 17.6. The Morgan fingerprint density at radius 1 is 1.03 bits per heavy atom. The Hall–Kier alpha value is -3.35. The number of aryl methyl sites for hydroxylation is 1. The summed E-state index contributed by atoms with van der Waals surface area (Å²) < 4.78 is 10.8. The van der Waals surface area contributed by atoms with Crippen LogP contribution in [0.3, 0.4) is 0 Å². The van der Waals surface area contributed by atoms with Gasteiger partial charge >= 0.3 is 0 Å². The summed E-state index contributed by atoms with van der Waals surface area (Å²) in [5.74, 6) is 1.99. The Balaban J connectivity index is 1.29. The Morgan fingerprint density at radius 2 is 1.76 bits per heavy atom. The molecule has 0 spiro atoms. The molecule has 0 bridgehead atoms. The zero-order valence-corrected chi connectivity index (χ0v) is 16.5. The maximum Gasteiger partial charge on any atom is 0.260 e. The molecular weight excluding hydrogens is 368 g/mol. The maximum atomic E-state index is 12.4. The van der Waals surface area contributed by atoms with Crippen LogP contribution in [-0.2, 0) is 11.2 Å². The molecule has 1 fully saturated rings. The molecule has 1 aliphatic heterocycles. The summed E-state index contributed by atoms with van der Waals surface area (Å²) in [6.07, 6.45) is 0.727. The minimum atomic E-state index is 0.0210. The summed E-state index contributed by atoms with van der Waals surface area (Å²) in [4.78, 5) is 20.9. The first-order chi connectivity index (χ1) is 14.2. The molecule has 1 amide bonds. The van der Waals surface area contributed by atoms with Gasteiger partial charge in [0.05, 0.1) is 0 Å². The first kappa shape index (κ1) is 19.0. The van der Waals surface area contributed by atoms with Crippen LogP contribution in [0.2, 0.25) is 0 Å². The molecule has 150 valence electrons. The molecule has 3 aromatic rings. The van der Waals surface area contributed by atoms with E-state index in [0.29, 0.717) is 30.6 Å². The molecule has 29 heavy (non-hydrogen) atoms. The van der Waals surface area contributed by atoms with Crippen molar-refractivity contribution < 1.29 is 14.1 Å². The maximum absolute atomic E-state index is 12.4. The second-order valence-corrected chi connectivity index (χ2v) is 6.88. The molecule has 2 heterocycles. The number of piperazine rings is 1. The van der Waals surface area contributed by atoms with E-state index in [9.17, 15) is 4.79 Å². The monoisotopic (exact) mass is 392 g/mol. The van der Waals surface area contributed by atoms with Crippen LogP contribution in [-0.4, -0.2) is 53.7 Å². The van der Waals surface area contributed by atoms with Crippen molar-refractivity contribution in [1.82, 2.24) is 15.0 Å². The largest absolute Gasteiger partial charge is 0.484 e. The van der Waals surface area contributed by atoms with Gasteiger partial charge in [0.25, 0.3) is 5.91 Å². The van der Waals surface area contributed by atoms with Gasteiger partial charge in [-0.1, -0.05) is 30.3 Å². The quantitative estimate of drug-likeness (QED) is 0.642. The summed E-state index contributed by atoms with van der Waals surface area (Å²) >= 11 is 0. The van der Waals surface area contributed by atoms with Crippen molar-refractivity contribution >= 4 is 11.6 Å². The minimum Gasteiger partial charge on any atom is -0.484 e. The molecule has 7 nitrogen and oxygen atoms in total. The minimum absolute atomic E-state index is 0.0210. The molecule has 1 aliphatic rings. The molecule has 0 saturated carbocycles. The van der Waals surface area contributed by atoms with Crippen molar-refractivity contribution in [2.45, 2.75) is 13.3 Å². The SMILES string of the molecule is CCc1nc(-c2ccc(N3CCN(C(=O)COc4ccccc4)CC3)cc2)no1. The number of benzene rings is 2. The zero-order valence-electron chi connectivity index (χ0n) is 16.5. The molecule has 1 aromatic heterocycles. The van der Waals surface area contributed by atoms with Crippen molar-refractivity contribution in [2.24, 2.45) is 0 Å². The van der Waals surface area contributed by atoms with E-state index in [1.54, 1.807) is 0 Å². The average Bonchev–Trinajstić information content (AvgIpc) is 3.28. The van der Waals surface area contributed by atoms with Crippen LogP contribution < -0.4 is 9.64 Å². The summed E-state index contributed by atoms with van der Waals surface area (Å²) in [6.45, 7) is 5.01. The molecule has 7 heteroatoms. The molecule has 0 atom stereocenters. The van der Waals surface area contributed by atoms with Gasteiger partial charge in [0.2, 0.25) is 11.7 Å². The summed E-state index contributed by atoms with van der Waals surface area (Å²) in [7, 11) is 0. The van der Waals surface area contributed by atoms with Crippen molar-refractivity contribution in [1.29, 1.82) is 0 Å². The van der Waals surface area contributed by atoms with Gasteiger partial charge in [0, 0.05) is 43.9 Å². The van der Waals surface area contributed by atoms with Gasteiger partial charge < -0.3 is 19.1 Å². The van der Waals surface area contributed by atoms with Crippen LogP contribution in [0.4, 0.5) is 5.69 Å².